The molecule has 0 bridgehead atoms. The predicted molar refractivity (Wildman–Crippen MR) is 81.7 cm³/mol. The Kier molecular flexibility index (Phi) is 4.14. The van der Waals surface area contributed by atoms with E-state index in [1.807, 2.05) is 6.92 Å². The van der Waals surface area contributed by atoms with Gasteiger partial charge in [0.2, 0.25) is 10.0 Å². The van der Waals surface area contributed by atoms with E-state index in [1.165, 1.54) is 19.0 Å². The number of hydrogen-bond donors (Lipinski definition) is 2. The number of nitrogens with one attached hydrogen (secondary N) is 2. The van der Waals surface area contributed by atoms with Gasteiger partial charge in [0.25, 0.3) is 0 Å². The summed E-state index contributed by atoms with van der Waals surface area (Å²) >= 11 is 0. The average molecular weight is 310 g/mol. The first-order chi connectivity index (χ1) is 10.1. The Bertz CT molecular complexity index is 601. The smallest absolute Gasteiger partial charge is 0.244 e. The molecule has 1 aromatic rings. The molecule has 3 rings (SSSR count). The highest BCUT2D eigenvalue weighted by atomic mass is 32.2. The number of rotatable bonds is 6. The van der Waals surface area contributed by atoms with Crippen LogP contribution in [-0.2, 0) is 10.0 Å². The van der Waals surface area contributed by atoms with Gasteiger partial charge in [-0.3, -0.25) is 9.88 Å². The zero-order valence-electron chi connectivity index (χ0n) is 12.2. The largest absolute Gasteiger partial charge is 0.384 e. The fourth-order valence-electron chi connectivity index (χ4n) is 2.87. The average Bonchev–Trinajstić information content (AvgIpc) is 3.21. The molecule has 0 spiro atoms. The zero-order chi connectivity index (χ0) is 14.9. The minimum absolute atomic E-state index is 0.00489. The van der Waals surface area contributed by atoms with E-state index in [2.05, 4.69) is 19.9 Å². The summed E-state index contributed by atoms with van der Waals surface area (Å²) in [4.78, 5) is 6.58. The molecule has 0 radical (unpaired) electrons. The minimum Gasteiger partial charge on any atom is -0.384 e. The molecule has 1 saturated heterocycles. The van der Waals surface area contributed by atoms with Crippen LogP contribution < -0.4 is 10.0 Å². The van der Waals surface area contributed by atoms with Gasteiger partial charge in [-0.05, 0) is 32.3 Å². The van der Waals surface area contributed by atoms with Gasteiger partial charge in [0.1, 0.15) is 4.90 Å². The Morgan fingerprint density at radius 2 is 2.19 bits per heavy atom. The molecule has 1 unspecified atom stereocenters. The summed E-state index contributed by atoms with van der Waals surface area (Å²) in [7, 11) is -3.53. The number of likely N-dealkylation sites (tertiary alicyclic amines) is 1. The number of anilines is 1. The molecule has 1 saturated carbocycles. The molecule has 0 amide bonds. The van der Waals surface area contributed by atoms with Gasteiger partial charge in [-0.1, -0.05) is 0 Å². The first-order valence-electron chi connectivity index (χ1n) is 7.54. The molecule has 2 heterocycles. The predicted octanol–water partition coefficient (Wildman–Crippen LogP) is 1.03. The van der Waals surface area contributed by atoms with Gasteiger partial charge in [0.15, 0.2) is 0 Å². The van der Waals surface area contributed by atoms with Crippen LogP contribution in [0, 0.1) is 0 Å². The molecule has 1 aliphatic carbocycles. The Labute approximate surface area is 126 Å². The molecule has 2 fully saturated rings. The molecule has 2 N–H and O–H groups in total. The molecule has 0 aromatic carbocycles. The number of pyridine rings is 1. The molecule has 2 aliphatic rings. The molecular weight excluding hydrogens is 288 g/mol. The molecule has 116 valence electrons. The van der Waals surface area contributed by atoms with Crippen molar-refractivity contribution in [3.63, 3.8) is 0 Å². The number of aromatic nitrogens is 1. The second-order valence-corrected chi connectivity index (χ2v) is 7.42. The van der Waals surface area contributed by atoms with Crippen molar-refractivity contribution in [1.82, 2.24) is 14.6 Å². The third-order valence-electron chi connectivity index (χ3n) is 4.05. The maximum absolute atomic E-state index is 12.6. The van der Waals surface area contributed by atoms with Crippen LogP contribution in [0.25, 0.3) is 0 Å². The van der Waals surface area contributed by atoms with E-state index in [0.717, 1.165) is 19.5 Å². The first-order valence-corrected chi connectivity index (χ1v) is 9.02. The van der Waals surface area contributed by atoms with E-state index in [0.29, 0.717) is 18.3 Å². The highest BCUT2D eigenvalue weighted by Crippen LogP contribution is 2.30. The quantitative estimate of drug-likeness (QED) is 0.821. The molecule has 1 atom stereocenters. The van der Waals surface area contributed by atoms with E-state index >= 15 is 0 Å². The normalized spacial score (nSPS) is 23.4. The fourth-order valence-corrected chi connectivity index (χ4v) is 4.26. The molecule has 6 nitrogen and oxygen atoms in total. The van der Waals surface area contributed by atoms with Crippen molar-refractivity contribution in [2.45, 2.75) is 43.2 Å². The highest BCUT2D eigenvalue weighted by Gasteiger charge is 2.36. The van der Waals surface area contributed by atoms with E-state index in [4.69, 9.17) is 0 Å². The minimum atomic E-state index is -3.53. The van der Waals surface area contributed by atoms with Crippen LogP contribution in [0.4, 0.5) is 5.69 Å². The lowest BCUT2D eigenvalue weighted by atomic mass is 10.3. The van der Waals surface area contributed by atoms with Gasteiger partial charge in [-0.15, -0.1) is 0 Å². The third kappa shape index (κ3) is 3.36. The number of nitrogens with zero attached hydrogens (tertiary/aromatic N) is 2. The summed E-state index contributed by atoms with van der Waals surface area (Å²) in [5.74, 6) is 0. The van der Waals surface area contributed by atoms with Crippen molar-refractivity contribution in [2.75, 3.05) is 25.0 Å². The van der Waals surface area contributed by atoms with Crippen LogP contribution in [0.2, 0.25) is 0 Å². The SMILES string of the molecule is CCNc1ccncc1S(=O)(=O)NC1CCN(C2CC2)C1. The van der Waals surface area contributed by atoms with Gasteiger partial charge < -0.3 is 5.32 Å². The molecule has 21 heavy (non-hydrogen) atoms. The topological polar surface area (TPSA) is 74.3 Å². The monoisotopic (exact) mass is 310 g/mol. The summed E-state index contributed by atoms with van der Waals surface area (Å²) < 4.78 is 28.0. The van der Waals surface area contributed by atoms with Crippen molar-refractivity contribution in [3.05, 3.63) is 18.5 Å². The molecule has 7 heteroatoms. The van der Waals surface area contributed by atoms with Crippen molar-refractivity contribution in [3.8, 4) is 0 Å². The zero-order valence-corrected chi connectivity index (χ0v) is 13.1. The Morgan fingerprint density at radius 1 is 1.38 bits per heavy atom. The van der Waals surface area contributed by atoms with Gasteiger partial charge >= 0.3 is 0 Å². The summed E-state index contributed by atoms with van der Waals surface area (Å²) in [6, 6.07) is 2.39. The van der Waals surface area contributed by atoms with Crippen LogP contribution in [-0.4, -0.2) is 50.0 Å². The van der Waals surface area contributed by atoms with Crippen LogP contribution in [0.15, 0.2) is 23.4 Å². The van der Waals surface area contributed by atoms with Crippen molar-refractivity contribution in [2.24, 2.45) is 0 Å². The third-order valence-corrected chi connectivity index (χ3v) is 5.59. The highest BCUT2D eigenvalue weighted by molar-refractivity contribution is 7.89. The van der Waals surface area contributed by atoms with Crippen molar-refractivity contribution in [1.29, 1.82) is 0 Å². The van der Waals surface area contributed by atoms with E-state index in [1.54, 1.807) is 12.3 Å². The maximum atomic E-state index is 12.6. The lowest BCUT2D eigenvalue weighted by Gasteiger charge is -2.17. The van der Waals surface area contributed by atoms with Crippen LogP contribution in [0.1, 0.15) is 26.2 Å². The lowest BCUT2D eigenvalue weighted by Crippen LogP contribution is -2.37. The van der Waals surface area contributed by atoms with Gasteiger partial charge in [-0.25, -0.2) is 13.1 Å². The molecule has 1 aromatic heterocycles. The van der Waals surface area contributed by atoms with Crippen molar-refractivity contribution < 1.29 is 8.42 Å². The summed E-state index contributed by atoms with van der Waals surface area (Å²) in [6.07, 6.45) is 6.40. The van der Waals surface area contributed by atoms with E-state index in [9.17, 15) is 8.42 Å². The first kappa shape index (κ1) is 14.7. The van der Waals surface area contributed by atoms with E-state index < -0.39 is 10.0 Å². The fraction of sp³-hybridized carbons (Fsp3) is 0.643. The molecular formula is C14H22N4O2S. The van der Waals surface area contributed by atoms with Crippen molar-refractivity contribution >= 4 is 15.7 Å². The van der Waals surface area contributed by atoms with Gasteiger partial charge in [-0.2, -0.15) is 0 Å². The number of sulfonamides is 1. The van der Waals surface area contributed by atoms with Gasteiger partial charge in [0, 0.05) is 44.1 Å². The van der Waals surface area contributed by atoms with Crippen LogP contribution >= 0.6 is 0 Å². The summed E-state index contributed by atoms with van der Waals surface area (Å²) in [5, 5.41) is 3.07. The Morgan fingerprint density at radius 3 is 2.90 bits per heavy atom. The standard InChI is InChI=1S/C14H22N4O2S/c1-2-16-13-5-7-15-9-14(13)21(19,20)17-11-6-8-18(10-11)12-3-4-12/h5,7,9,11-12,17H,2-4,6,8,10H2,1H3,(H,15,16). The van der Waals surface area contributed by atoms with Crippen LogP contribution in [0.5, 0.6) is 0 Å². The number of hydrogen-bond acceptors (Lipinski definition) is 5. The van der Waals surface area contributed by atoms with E-state index in [-0.39, 0.29) is 10.9 Å². The molecule has 1 aliphatic heterocycles. The Hall–Kier alpha value is -1.18. The van der Waals surface area contributed by atoms with Crippen LogP contribution in [0.3, 0.4) is 0 Å². The second kappa shape index (κ2) is 5.90. The maximum Gasteiger partial charge on any atom is 0.244 e. The lowest BCUT2D eigenvalue weighted by molar-refractivity contribution is 0.322. The van der Waals surface area contributed by atoms with Gasteiger partial charge in [0.05, 0.1) is 5.69 Å². The summed E-state index contributed by atoms with van der Waals surface area (Å²) in [5.41, 5.74) is 0.608. The Balaban J connectivity index is 1.72. The summed E-state index contributed by atoms with van der Waals surface area (Å²) in [6.45, 7) is 4.42. The second-order valence-electron chi connectivity index (χ2n) is 5.74.